The molecular weight excluding hydrogens is 376 g/mol. The molecule has 3 N–H and O–H groups in total. The average Bonchev–Trinajstić information content (AvgIpc) is 2.99. The van der Waals surface area contributed by atoms with Gasteiger partial charge in [0.05, 0.1) is 23.0 Å². The van der Waals surface area contributed by atoms with Gasteiger partial charge in [-0.2, -0.15) is 5.26 Å². The average molecular weight is 405 g/mol. The minimum absolute atomic E-state index is 0.0938. The van der Waals surface area contributed by atoms with Gasteiger partial charge in [0, 0.05) is 12.1 Å². The Morgan fingerprint density at radius 2 is 1.80 bits per heavy atom. The molecule has 6 heteroatoms. The van der Waals surface area contributed by atoms with E-state index >= 15 is 0 Å². The molecule has 30 heavy (non-hydrogen) atoms. The van der Waals surface area contributed by atoms with Crippen LogP contribution >= 0.6 is 0 Å². The quantitative estimate of drug-likeness (QED) is 0.712. The fourth-order valence-electron chi connectivity index (χ4n) is 4.84. The summed E-state index contributed by atoms with van der Waals surface area (Å²) in [6.07, 6.45) is 3.41. The molecule has 2 aromatic rings. The van der Waals surface area contributed by atoms with Gasteiger partial charge >= 0.3 is 6.09 Å². The number of para-hydroxylation sites is 1. The normalized spacial score (nSPS) is 25.4. The molecule has 0 aromatic heterocycles. The van der Waals surface area contributed by atoms with Gasteiger partial charge in [-0.25, -0.2) is 4.79 Å². The maximum atomic E-state index is 12.8. The summed E-state index contributed by atoms with van der Waals surface area (Å²) in [5, 5.41) is 12.7. The Morgan fingerprint density at radius 1 is 1.10 bits per heavy atom. The molecule has 1 atom stereocenters. The zero-order valence-corrected chi connectivity index (χ0v) is 17.5. The van der Waals surface area contributed by atoms with Gasteiger partial charge in [-0.05, 0) is 57.2 Å². The van der Waals surface area contributed by atoms with E-state index in [0.29, 0.717) is 11.3 Å². The van der Waals surface area contributed by atoms with Crippen LogP contribution in [0.1, 0.15) is 56.7 Å². The van der Waals surface area contributed by atoms with Crippen molar-refractivity contribution in [3.63, 3.8) is 0 Å². The minimum Gasteiger partial charge on any atom is -0.441 e. The second-order valence-electron chi connectivity index (χ2n) is 8.72. The van der Waals surface area contributed by atoms with E-state index in [0.717, 1.165) is 36.9 Å². The number of amides is 1. The van der Waals surface area contributed by atoms with E-state index in [9.17, 15) is 10.1 Å². The maximum Gasteiger partial charge on any atom is 0.411 e. The number of rotatable bonds is 4. The topological polar surface area (TPSA) is 91.4 Å². The van der Waals surface area contributed by atoms with E-state index in [2.05, 4.69) is 23.5 Å². The Morgan fingerprint density at radius 3 is 2.47 bits per heavy atom. The molecule has 0 spiro atoms. The third kappa shape index (κ3) is 3.68. The third-order valence-electron chi connectivity index (χ3n) is 6.29. The predicted octanol–water partition coefficient (Wildman–Crippen LogP) is 4.84. The van der Waals surface area contributed by atoms with Gasteiger partial charge in [0.25, 0.3) is 0 Å². The largest absolute Gasteiger partial charge is 0.441 e. The molecule has 156 valence electrons. The summed E-state index contributed by atoms with van der Waals surface area (Å²) < 4.78 is 5.77. The van der Waals surface area contributed by atoms with Crippen molar-refractivity contribution in [1.29, 1.82) is 5.26 Å². The molecule has 1 unspecified atom stereocenters. The molecule has 1 saturated heterocycles. The molecule has 1 heterocycles. The molecule has 1 saturated carbocycles. The van der Waals surface area contributed by atoms with Gasteiger partial charge in [-0.3, -0.25) is 4.90 Å². The molecule has 2 aromatic carbocycles. The first kappa shape index (κ1) is 20.1. The number of cyclic esters (lactones) is 1. The fourth-order valence-corrected chi connectivity index (χ4v) is 4.84. The summed E-state index contributed by atoms with van der Waals surface area (Å²) in [5.41, 5.74) is 8.44. The number of nitrogen functional groups attached to an aromatic ring is 1. The molecule has 2 aliphatic rings. The van der Waals surface area contributed by atoms with Crippen LogP contribution in [0.5, 0.6) is 0 Å². The van der Waals surface area contributed by atoms with Crippen molar-refractivity contribution < 1.29 is 9.53 Å². The molecule has 1 aliphatic carbocycles. The van der Waals surface area contributed by atoms with E-state index in [4.69, 9.17) is 10.5 Å². The predicted molar refractivity (Wildman–Crippen MR) is 117 cm³/mol. The van der Waals surface area contributed by atoms with E-state index in [1.165, 1.54) is 0 Å². The molecule has 2 fully saturated rings. The van der Waals surface area contributed by atoms with Crippen molar-refractivity contribution in [2.24, 2.45) is 0 Å². The van der Waals surface area contributed by atoms with Crippen LogP contribution in [0.4, 0.5) is 16.2 Å². The standard InChI is InChI=1S/C24H28N4O2/c1-24(2)22(16-7-4-3-5-8-16)28(23(29)30-24)19-13-11-18(12-14-19)27-20-10-6-9-17(15-25)21(20)26/h3-10,18-19,22,27H,11-14,26H2,1-2H3/t18-,19-,22?. The van der Waals surface area contributed by atoms with Crippen LogP contribution in [0.3, 0.4) is 0 Å². The first-order valence-electron chi connectivity index (χ1n) is 10.5. The van der Waals surface area contributed by atoms with Crippen LogP contribution in [0, 0.1) is 11.3 Å². The summed E-state index contributed by atoms with van der Waals surface area (Å²) in [6, 6.07) is 18.1. The van der Waals surface area contributed by atoms with Crippen molar-refractivity contribution in [2.75, 3.05) is 11.1 Å². The number of carbonyl (C=O) groups excluding carboxylic acids is 1. The fraction of sp³-hybridized carbons (Fsp3) is 0.417. The van der Waals surface area contributed by atoms with Crippen molar-refractivity contribution in [3.05, 3.63) is 59.7 Å². The lowest BCUT2D eigenvalue weighted by molar-refractivity contribution is 0.0664. The summed E-state index contributed by atoms with van der Waals surface area (Å²) >= 11 is 0. The Balaban J connectivity index is 1.47. The number of anilines is 2. The molecular formula is C24H28N4O2. The van der Waals surface area contributed by atoms with Gasteiger partial charge < -0.3 is 15.8 Å². The number of hydrogen-bond donors (Lipinski definition) is 2. The van der Waals surface area contributed by atoms with E-state index in [1.54, 1.807) is 6.07 Å². The first-order chi connectivity index (χ1) is 14.4. The van der Waals surface area contributed by atoms with Crippen LogP contribution < -0.4 is 11.1 Å². The van der Waals surface area contributed by atoms with Crippen LogP contribution in [0.25, 0.3) is 0 Å². The molecule has 1 aliphatic heterocycles. The number of nitriles is 1. The van der Waals surface area contributed by atoms with Crippen LogP contribution in [0.2, 0.25) is 0 Å². The number of ether oxygens (including phenoxy) is 1. The number of nitrogens with one attached hydrogen (secondary N) is 1. The maximum absolute atomic E-state index is 12.8. The number of hydrogen-bond acceptors (Lipinski definition) is 5. The number of benzene rings is 2. The highest BCUT2D eigenvalue weighted by molar-refractivity contribution is 5.73. The molecule has 4 rings (SSSR count). The second-order valence-corrected chi connectivity index (χ2v) is 8.72. The summed E-state index contributed by atoms with van der Waals surface area (Å²) in [6.45, 7) is 3.97. The minimum atomic E-state index is -0.570. The Hall–Kier alpha value is -3.20. The Bertz CT molecular complexity index is 959. The van der Waals surface area contributed by atoms with E-state index in [1.807, 2.05) is 49.1 Å². The van der Waals surface area contributed by atoms with Gasteiger partial charge in [-0.1, -0.05) is 36.4 Å². The molecule has 1 amide bonds. The number of carbonyl (C=O) groups is 1. The summed E-state index contributed by atoms with van der Waals surface area (Å²) in [7, 11) is 0. The smallest absolute Gasteiger partial charge is 0.411 e. The third-order valence-corrected chi connectivity index (χ3v) is 6.29. The van der Waals surface area contributed by atoms with Crippen LogP contribution in [-0.2, 0) is 4.74 Å². The van der Waals surface area contributed by atoms with Gasteiger partial charge in [0.15, 0.2) is 0 Å². The highest BCUT2D eigenvalue weighted by Gasteiger charge is 2.51. The van der Waals surface area contributed by atoms with Crippen molar-refractivity contribution in [1.82, 2.24) is 4.90 Å². The first-order valence-corrected chi connectivity index (χ1v) is 10.5. The lowest BCUT2D eigenvalue weighted by atomic mass is 9.86. The lowest BCUT2D eigenvalue weighted by Gasteiger charge is -2.38. The van der Waals surface area contributed by atoms with Gasteiger partial charge in [-0.15, -0.1) is 0 Å². The van der Waals surface area contributed by atoms with Crippen LogP contribution in [0.15, 0.2) is 48.5 Å². The van der Waals surface area contributed by atoms with Crippen LogP contribution in [-0.4, -0.2) is 28.7 Å². The Kier molecular flexibility index (Phi) is 5.29. The zero-order valence-electron chi connectivity index (χ0n) is 17.5. The highest BCUT2D eigenvalue weighted by Crippen LogP contribution is 2.44. The van der Waals surface area contributed by atoms with Crippen molar-refractivity contribution in [2.45, 2.75) is 63.3 Å². The van der Waals surface area contributed by atoms with Crippen molar-refractivity contribution >= 4 is 17.5 Å². The molecule has 0 bridgehead atoms. The lowest BCUT2D eigenvalue weighted by Crippen LogP contribution is -2.44. The summed E-state index contributed by atoms with van der Waals surface area (Å²) in [4.78, 5) is 14.8. The number of nitrogens with zero attached hydrogens (tertiary/aromatic N) is 2. The summed E-state index contributed by atoms with van der Waals surface area (Å²) in [5.74, 6) is 0. The highest BCUT2D eigenvalue weighted by atomic mass is 16.6. The van der Waals surface area contributed by atoms with Gasteiger partial charge in [0.1, 0.15) is 11.7 Å². The zero-order chi connectivity index (χ0) is 21.3. The molecule has 6 nitrogen and oxygen atoms in total. The Labute approximate surface area is 177 Å². The van der Waals surface area contributed by atoms with Gasteiger partial charge in [0.2, 0.25) is 0 Å². The number of nitrogens with two attached hydrogens (primary N) is 1. The second kappa shape index (κ2) is 7.91. The SMILES string of the molecule is CC1(C)OC(=O)N([C@H]2CC[C@H](Nc3cccc(C#N)c3N)CC2)C1c1ccccc1. The van der Waals surface area contributed by atoms with Crippen molar-refractivity contribution in [3.8, 4) is 6.07 Å². The van der Waals surface area contributed by atoms with E-state index in [-0.39, 0.29) is 24.2 Å². The molecule has 0 radical (unpaired) electrons. The van der Waals surface area contributed by atoms with E-state index < -0.39 is 5.60 Å². The monoisotopic (exact) mass is 404 g/mol.